The second kappa shape index (κ2) is 9.70. The number of likely N-dealkylation sites (N-methyl/N-ethyl adjacent to an activating group) is 1. The second-order valence-electron chi connectivity index (χ2n) is 10.3. The molecule has 0 radical (unpaired) electrons. The van der Waals surface area contributed by atoms with E-state index in [1.807, 2.05) is 43.3 Å². The molecule has 0 aliphatic carbocycles. The second-order valence-corrected chi connectivity index (χ2v) is 10.3. The number of nitrogens with one attached hydrogen (secondary N) is 1. The zero-order valence-electron chi connectivity index (χ0n) is 21.8. The lowest BCUT2D eigenvalue weighted by Gasteiger charge is -2.27. The first-order chi connectivity index (χ1) is 16.3. The highest BCUT2D eigenvalue weighted by atomic mass is 16.5. The van der Waals surface area contributed by atoms with Gasteiger partial charge >= 0.3 is 5.97 Å². The highest BCUT2D eigenvalue weighted by Crippen LogP contribution is 2.41. The molecule has 1 aromatic heterocycles. The number of likely N-dealkylation sites (tertiary alicyclic amines) is 1. The van der Waals surface area contributed by atoms with Crippen molar-refractivity contribution in [3.05, 3.63) is 63.5 Å². The van der Waals surface area contributed by atoms with Crippen LogP contribution in [0.5, 0.6) is 0 Å². The van der Waals surface area contributed by atoms with Gasteiger partial charge in [-0.1, -0.05) is 45.0 Å². The number of ketones is 1. The van der Waals surface area contributed by atoms with Gasteiger partial charge in [-0.25, -0.2) is 4.79 Å². The van der Waals surface area contributed by atoms with E-state index < -0.39 is 23.7 Å². The van der Waals surface area contributed by atoms with Crippen molar-refractivity contribution < 1.29 is 24.2 Å². The zero-order chi connectivity index (χ0) is 26.2. The molecular weight excluding hydrogens is 446 g/mol. The number of amides is 1. The third kappa shape index (κ3) is 4.89. The third-order valence-corrected chi connectivity index (χ3v) is 6.48. The van der Waals surface area contributed by atoms with Gasteiger partial charge in [-0.2, -0.15) is 0 Å². The molecular formula is C27H35N3O5. The largest absolute Gasteiger partial charge is 0.507 e. The number of hydrogen-bond donors (Lipinski definition) is 2. The van der Waals surface area contributed by atoms with Gasteiger partial charge in [0, 0.05) is 24.3 Å². The van der Waals surface area contributed by atoms with Crippen LogP contribution in [0.3, 0.4) is 0 Å². The normalized spacial score (nSPS) is 18.0. The van der Waals surface area contributed by atoms with Crippen LogP contribution >= 0.6 is 0 Å². The first-order valence-corrected chi connectivity index (χ1v) is 11.6. The highest BCUT2D eigenvalue weighted by molar-refractivity contribution is 6.46. The van der Waals surface area contributed by atoms with Gasteiger partial charge in [0.25, 0.3) is 11.7 Å². The van der Waals surface area contributed by atoms with Crippen LogP contribution in [0.25, 0.3) is 5.76 Å². The lowest BCUT2D eigenvalue weighted by atomic mass is 9.85. The van der Waals surface area contributed by atoms with Crippen LogP contribution in [0.1, 0.15) is 65.2 Å². The number of rotatable bonds is 6. The number of H-pyrrole nitrogens is 1. The first-order valence-electron chi connectivity index (χ1n) is 11.6. The Bertz CT molecular complexity index is 1180. The number of aromatic nitrogens is 1. The number of nitrogens with zero attached hydrogens (tertiary/aromatic N) is 2. The standard InChI is InChI=1S/C27H35N3O5/c1-15-19(16(2)28-21(15)26(34)35-8)23(31)20-22(17-9-11-18(12-10-17)27(3,4)5)30(14-13-29(6)7)25(33)24(20)32/h9-12,22,28,31H,13-14H2,1-8H3/b23-20+/t22-/m1/s1. The third-order valence-electron chi connectivity index (χ3n) is 6.48. The smallest absolute Gasteiger partial charge is 0.354 e. The Kier molecular flexibility index (Phi) is 7.26. The minimum Gasteiger partial charge on any atom is -0.507 e. The van der Waals surface area contributed by atoms with E-state index in [0.717, 1.165) is 11.1 Å². The summed E-state index contributed by atoms with van der Waals surface area (Å²) in [7, 11) is 5.06. The van der Waals surface area contributed by atoms with E-state index in [0.29, 0.717) is 29.9 Å². The Hall–Kier alpha value is -3.39. The molecule has 0 unspecified atom stereocenters. The van der Waals surface area contributed by atoms with E-state index in [4.69, 9.17) is 4.74 Å². The van der Waals surface area contributed by atoms with Gasteiger partial charge < -0.3 is 24.6 Å². The molecule has 0 bridgehead atoms. The van der Waals surface area contributed by atoms with Crippen molar-refractivity contribution in [2.24, 2.45) is 0 Å². The molecule has 1 aromatic carbocycles. The number of Topliss-reactive ketones (excluding diaryl/α,β-unsaturated/α-hetero) is 1. The van der Waals surface area contributed by atoms with Crippen LogP contribution in [0.4, 0.5) is 0 Å². The number of carbonyl (C=O) groups excluding carboxylic acids is 3. The summed E-state index contributed by atoms with van der Waals surface area (Å²) in [6.07, 6.45) is 0. The monoisotopic (exact) mass is 481 g/mol. The van der Waals surface area contributed by atoms with E-state index in [1.165, 1.54) is 12.0 Å². The number of carbonyl (C=O) groups is 3. The van der Waals surface area contributed by atoms with Crippen molar-refractivity contribution >= 4 is 23.4 Å². The van der Waals surface area contributed by atoms with Gasteiger partial charge in [0.1, 0.15) is 11.5 Å². The number of aliphatic hydroxyl groups excluding tert-OH is 1. The van der Waals surface area contributed by atoms with Crippen LogP contribution in [-0.2, 0) is 19.7 Å². The molecule has 2 N–H and O–H groups in total. The van der Waals surface area contributed by atoms with E-state index in [1.54, 1.807) is 13.8 Å². The molecule has 1 atom stereocenters. The fourth-order valence-electron chi connectivity index (χ4n) is 4.48. The van der Waals surface area contributed by atoms with Crippen molar-refractivity contribution in [1.82, 2.24) is 14.8 Å². The molecule has 2 aromatic rings. The number of esters is 1. The van der Waals surface area contributed by atoms with Gasteiger partial charge in [-0.05, 0) is 50.0 Å². The van der Waals surface area contributed by atoms with Crippen molar-refractivity contribution in [3.8, 4) is 0 Å². The number of ether oxygens (including phenoxy) is 1. The minimum atomic E-state index is -0.751. The van der Waals surface area contributed by atoms with Crippen molar-refractivity contribution in [2.75, 3.05) is 34.3 Å². The topological polar surface area (TPSA) is 103 Å². The molecule has 2 heterocycles. The summed E-state index contributed by atoms with van der Waals surface area (Å²) in [5, 5.41) is 11.4. The van der Waals surface area contributed by atoms with Crippen LogP contribution < -0.4 is 0 Å². The summed E-state index contributed by atoms with van der Waals surface area (Å²) < 4.78 is 4.83. The maximum absolute atomic E-state index is 13.3. The van der Waals surface area contributed by atoms with Gasteiger partial charge in [0.15, 0.2) is 0 Å². The Morgan fingerprint density at radius 1 is 1.14 bits per heavy atom. The molecule has 0 spiro atoms. The Labute approximate surface area is 206 Å². The molecule has 1 aliphatic rings. The van der Waals surface area contributed by atoms with E-state index in [9.17, 15) is 19.5 Å². The molecule has 3 rings (SSSR count). The maximum atomic E-state index is 13.3. The van der Waals surface area contributed by atoms with Crippen LogP contribution in [0.15, 0.2) is 29.8 Å². The van der Waals surface area contributed by atoms with Crippen LogP contribution in [0.2, 0.25) is 0 Å². The number of benzene rings is 1. The predicted octanol–water partition coefficient (Wildman–Crippen LogP) is 3.70. The fraction of sp³-hybridized carbons (Fsp3) is 0.444. The minimum absolute atomic E-state index is 0.0129. The first kappa shape index (κ1) is 26.2. The average molecular weight is 482 g/mol. The summed E-state index contributed by atoms with van der Waals surface area (Å²) in [4.78, 5) is 45.0. The number of aliphatic hydroxyl groups is 1. The van der Waals surface area contributed by atoms with Crippen molar-refractivity contribution in [2.45, 2.75) is 46.1 Å². The van der Waals surface area contributed by atoms with E-state index >= 15 is 0 Å². The lowest BCUT2D eigenvalue weighted by Crippen LogP contribution is -2.35. The fourth-order valence-corrected chi connectivity index (χ4v) is 4.48. The molecule has 1 fully saturated rings. The molecule has 1 saturated heterocycles. The Balaban J connectivity index is 2.22. The predicted molar refractivity (Wildman–Crippen MR) is 134 cm³/mol. The quantitative estimate of drug-likeness (QED) is 0.282. The van der Waals surface area contributed by atoms with Crippen molar-refractivity contribution in [3.63, 3.8) is 0 Å². The molecule has 0 saturated carbocycles. The van der Waals surface area contributed by atoms with Crippen molar-refractivity contribution in [1.29, 1.82) is 0 Å². The van der Waals surface area contributed by atoms with Gasteiger partial charge in [-0.3, -0.25) is 9.59 Å². The SMILES string of the molecule is COC(=O)c1[nH]c(C)c(/C(O)=C2\C(=O)C(=O)N(CCN(C)C)[C@@H]2c2ccc(C(C)(C)C)cc2)c1C. The summed E-state index contributed by atoms with van der Waals surface area (Å²) in [5.41, 5.74) is 3.28. The number of hydrogen-bond acceptors (Lipinski definition) is 6. The molecule has 8 nitrogen and oxygen atoms in total. The van der Waals surface area contributed by atoms with Gasteiger partial charge in [0.2, 0.25) is 0 Å². The average Bonchev–Trinajstić information content (AvgIpc) is 3.23. The molecule has 1 amide bonds. The van der Waals surface area contributed by atoms with E-state index in [2.05, 4.69) is 25.8 Å². The van der Waals surface area contributed by atoms with Gasteiger partial charge in [0.05, 0.1) is 18.7 Å². The number of methoxy groups -OCH3 is 1. The lowest BCUT2D eigenvalue weighted by molar-refractivity contribution is -0.140. The molecule has 1 aliphatic heterocycles. The highest BCUT2D eigenvalue weighted by Gasteiger charge is 2.46. The number of aryl methyl sites for hydroxylation is 1. The van der Waals surface area contributed by atoms with E-state index in [-0.39, 0.29) is 22.4 Å². The zero-order valence-corrected chi connectivity index (χ0v) is 21.8. The van der Waals surface area contributed by atoms with Gasteiger partial charge in [-0.15, -0.1) is 0 Å². The van der Waals surface area contributed by atoms with Crippen LogP contribution in [0, 0.1) is 13.8 Å². The molecule has 8 heteroatoms. The Morgan fingerprint density at radius 2 is 1.74 bits per heavy atom. The number of aromatic amines is 1. The summed E-state index contributed by atoms with van der Waals surface area (Å²) in [6, 6.07) is 7.04. The maximum Gasteiger partial charge on any atom is 0.354 e. The Morgan fingerprint density at radius 3 is 2.26 bits per heavy atom. The summed E-state index contributed by atoms with van der Waals surface area (Å²) in [6.45, 7) is 10.6. The molecule has 35 heavy (non-hydrogen) atoms. The molecule has 188 valence electrons. The summed E-state index contributed by atoms with van der Waals surface area (Å²) >= 11 is 0. The van der Waals surface area contributed by atoms with Crippen LogP contribution in [-0.4, -0.2) is 71.8 Å². The summed E-state index contributed by atoms with van der Waals surface area (Å²) in [5.74, 6) is -2.28.